The van der Waals surface area contributed by atoms with Crippen molar-refractivity contribution in [1.29, 1.82) is 5.26 Å². The van der Waals surface area contributed by atoms with Crippen molar-refractivity contribution in [2.45, 2.75) is 36.7 Å². The van der Waals surface area contributed by atoms with E-state index in [2.05, 4.69) is 11.5 Å². The number of carbonyl (C=O) groups excluding carboxylic acids is 1. The molecule has 0 aliphatic heterocycles. The van der Waals surface area contributed by atoms with Crippen molar-refractivity contribution in [2.75, 3.05) is 5.75 Å². The Kier molecular flexibility index (Phi) is 5.25. The summed E-state index contributed by atoms with van der Waals surface area (Å²) in [4.78, 5) is 18.3. The van der Waals surface area contributed by atoms with Gasteiger partial charge in [0.2, 0.25) is 0 Å². The van der Waals surface area contributed by atoms with E-state index < -0.39 is 0 Å². The molecule has 0 saturated heterocycles. The smallest absolute Gasteiger partial charge is 0.270 e. The number of benzene rings is 1. The third kappa shape index (κ3) is 3.98. The normalized spacial score (nSPS) is 15.1. The molecule has 0 bridgehead atoms. The van der Waals surface area contributed by atoms with Gasteiger partial charge in [0.25, 0.3) is 5.91 Å². The number of nitriles is 1. The molecule has 4 nitrogen and oxygen atoms in total. The molecule has 0 aromatic heterocycles. The first-order valence-electron chi connectivity index (χ1n) is 6.36. The van der Waals surface area contributed by atoms with Gasteiger partial charge < -0.3 is 0 Å². The molecule has 0 radical (unpaired) electrons. The van der Waals surface area contributed by atoms with Crippen LogP contribution < -0.4 is 5.48 Å². The van der Waals surface area contributed by atoms with Gasteiger partial charge in [-0.2, -0.15) is 5.26 Å². The minimum absolute atomic E-state index is 0.142. The lowest BCUT2D eigenvalue weighted by atomic mass is 10.2. The molecule has 100 valence electrons. The van der Waals surface area contributed by atoms with Crippen molar-refractivity contribution in [1.82, 2.24) is 5.48 Å². The van der Waals surface area contributed by atoms with E-state index in [4.69, 9.17) is 10.1 Å². The molecule has 0 unspecified atom stereocenters. The first-order valence-corrected chi connectivity index (χ1v) is 7.34. The van der Waals surface area contributed by atoms with Crippen LogP contribution in [0.1, 0.15) is 36.0 Å². The zero-order valence-electron chi connectivity index (χ0n) is 10.6. The van der Waals surface area contributed by atoms with Gasteiger partial charge in [-0.3, -0.25) is 9.63 Å². The summed E-state index contributed by atoms with van der Waals surface area (Å²) in [7, 11) is 0. The van der Waals surface area contributed by atoms with E-state index >= 15 is 0 Å². The van der Waals surface area contributed by atoms with Crippen molar-refractivity contribution in [3.8, 4) is 6.07 Å². The molecule has 1 aromatic carbocycles. The van der Waals surface area contributed by atoms with Gasteiger partial charge in [-0.05, 0) is 25.0 Å². The summed E-state index contributed by atoms with van der Waals surface area (Å²) in [6.07, 6.45) is 4.48. The Morgan fingerprint density at radius 1 is 1.42 bits per heavy atom. The number of rotatable bonds is 5. The van der Waals surface area contributed by atoms with Gasteiger partial charge >= 0.3 is 0 Å². The topological polar surface area (TPSA) is 62.1 Å². The fourth-order valence-electron chi connectivity index (χ4n) is 2.09. The molecule has 1 aliphatic rings. The van der Waals surface area contributed by atoms with E-state index in [-0.39, 0.29) is 12.0 Å². The van der Waals surface area contributed by atoms with Crippen LogP contribution in [0, 0.1) is 11.3 Å². The summed E-state index contributed by atoms with van der Waals surface area (Å²) in [5, 5.41) is 8.61. The van der Waals surface area contributed by atoms with Crippen LogP contribution in [0.15, 0.2) is 29.2 Å². The molecule has 1 N–H and O–H groups in total. The molecule has 0 heterocycles. The van der Waals surface area contributed by atoms with E-state index in [1.54, 1.807) is 12.1 Å². The van der Waals surface area contributed by atoms with E-state index in [0.717, 1.165) is 30.6 Å². The summed E-state index contributed by atoms with van der Waals surface area (Å²) < 4.78 is 0. The lowest BCUT2D eigenvalue weighted by Crippen LogP contribution is -2.28. The second-order valence-electron chi connectivity index (χ2n) is 4.40. The third-order valence-corrected chi connectivity index (χ3v) is 3.98. The van der Waals surface area contributed by atoms with E-state index in [9.17, 15) is 4.79 Å². The molecule has 2 rings (SSSR count). The highest BCUT2D eigenvalue weighted by molar-refractivity contribution is 7.99. The number of nitrogens with one attached hydrogen (secondary N) is 1. The maximum atomic E-state index is 12.1. The lowest BCUT2D eigenvalue weighted by molar-refractivity contribution is -0.0126. The Bertz CT molecular complexity index is 479. The van der Waals surface area contributed by atoms with Gasteiger partial charge in [-0.25, -0.2) is 5.48 Å². The molecular formula is C14H16N2O2S. The molecule has 0 atom stereocenters. The van der Waals surface area contributed by atoms with Crippen LogP contribution >= 0.6 is 11.8 Å². The van der Waals surface area contributed by atoms with Crippen LogP contribution in [0.2, 0.25) is 0 Å². The molecule has 1 amide bonds. The molecule has 19 heavy (non-hydrogen) atoms. The first kappa shape index (κ1) is 13.9. The quantitative estimate of drug-likeness (QED) is 0.663. The summed E-state index contributed by atoms with van der Waals surface area (Å²) >= 11 is 1.36. The average molecular weight is 276 g/mol. The van der Waals surface area contributed by atoms with Gasteiger partial charge in [-0.1, -0.05) is 25.0 Å². The third-order valence-electron chi connectivity index (χ3n) is 3.04. The molecule has 1 saturated carbocycles. The number of carbonyl (C=O) groups is 1. The van der Waals surface area contributed by atoms with Crippen molar-refractivity contribution in [3.63, 3.8) is 0 Å². The number of hydroxylamine groups is 1. The van der Waals surface area contributed by atoms with Crippen LogP contribution in [0.5, 0.6) is 0 Å². The van der Waals surface area contributed by atoms with Gasteiger partial charge in [-0.15, -0.1) is 11.8 Å². The predicted octanol–water partition coefficient (Wildman–Crippen LogP) is 2.91. The molecule has 5 heteroatoms. The SMILES string of the molecule is N#CCSc1ccccc1C(=O)NOC1CCCC1. The Morgan fingerprint density at radius 2 is 2.16 bits per heavy atom. The standard InChI is InChI=1S/C14H16N2O2S/c15-9-10-19-13-8-4-3-7-12(13)14(17)16-18-11-5-1-2-6-11/h3-4,7-8,11H,1-2,5-6,10H2,(H,16,17). The number of hydrogen-bond donors (Lipinski definition) is 1. The van der Waals surface area contributed by atoms with Crippen molar-refractivity contribution < 1.29 is 9.63 Å². The highest BCUT2D eigenvalue weighted by atomic mass is 32.2. The van der Waals surface area contributed by atoms with Gasteiger partial charge in [0.15, 0.2) is 0 Å². The molecule has 1 aliphatic carbocycles. The van der Waals surface area contributed by atoms with Gasteiger partial charge in [0.1, 0.15) is 0 Å². The summed E-state index contributed by atoms with van der Waals surface area (Å²) in [6, 6.07) is 9.30. The maximum Gasteiger partial charge on any atom is 0.275 e. The monoisotopic (exact) mass is 276 g/mol. The second kappa shape index (κ2) is 7.17. The van der Waals surface area contributed by atoms with Crippen molar-refractivity contribution in [3.05, 3.63) is 29.8 Å². The Hall–Kier alpha value is -1.51. The number of nitrogens with zero attached hydrogens (tertiary/aromatic N) is 1. The average Bonchev–Trinajstić information content (AvgIpc) is 2.96. The fraction of sp³-hybridized carbons (Fsp3) is 0.429. The number of hydrogen-bond acceptors (Lipinski definition) is 4. The highest BCUT2D eigenvalue weighted by Gasteiger charge is 2.18. The summed E-state index contributed by atoms with van der Waals surface area (Å²) in [5.41, 5.74) is 3.08. The van der Waals surface area contributed by atoms with Crippen LogP contribution in [0.4, 0.5) is 0 Å². The zero-order chi connectivity index (χ0) is 13.5. The van der Waals surface area contributed by atoms with Crippen LogP contribution in [-0.2, 0) is 4.84 Å². The molecular weight excluding hydrogens is 260 g/mol. The molecule has 1 fully saturated rings. The van der Waals surface area contributed by atoms with E-state index in [1.165, 1.54) is 11.8 Å². The van der Waals surface area contributed by atoms with Gasteiger partial charge in [0, 0.05) is 4.90 Å². The van der Waals surface area contributed by atoms with Crippen LogP contribution in [0.3, 0.4) is 0 Å². The Labute approximate surface area is 117 Å². The fourth-order valence-corrected chi connectivity index (χ4v) is 2.80. The second-order valence-corrected chi connectivity index (χ2v) is 5.42. The van der Waals surface area contributed by atoms with Crippen molar-refractivity contribution >= 4 is 17.7 Å². The molecule has 0 spiro atoms. The first-order chi connectivity index (χ1) is 9.31. The largest absolute Gasteiger partial charge is 0.275 e. The van der Waals surface area contributed by atoms with Crippen LogP contribution in [-0.4, -0.2) is 17.8 Å². The maximum absolute atomic E-state index is 12.1. The Morgan fingerprint density at radius 3 is 2.89 bits per heavy atom. The molecule has 1 aromatic rings. The number of thioether (sulfide) groups is 1. The summed E-state index contributed by atoms with van der Waals surface area (Å²) in [6.45, 7) is 0. The lowest BCUT2D eigenvalue weighted by Gasteiger charge is -2.12. The minimum Gasteiger partial charge on any atom is -0.270 e. The predicted molar refractivity (Wildman–Crippen MR) is 73.6 cm³/mol. The Balaban J connectivity index is 1.95. The highest BCUT2D eigenvalue weighted by Crippen LogP contribution is 2.23. The summed E-state index contributed by atoms with van der Waals surface area (Å²) in [5.74, 6) is 0.0845. The van der Waals surface area contributed by atoms with E-state index in [0.29, 0.717) is 11.3 Å². The van der Waals surface area contributed by atoms with E-state index in [1.807, 2.05) is 12.1 Å². The van der Waals surface area contributed by atoms with Crippen LogP contribution in [0.25, 0.3) is 0 Å². The number of amides is 1. The van der Waals surface area contributed by atoms with Gasteiger partial charge in [0.05, 0.1) is 23.5 Å². The van der Waals surface area contributed by atoms with Crippen molar-refractivity contribution in [2.24, 2.45) is 0 Å². The zero-order valence-corrected chi connectivity index (χ0v) is 11.4. The minimum atomic E-state index is -0.243.